The second-order valence-corrected chi connectivity index (χ2v) is 5.29. The van der Waals surface area contributed by atoms with Crippen LogP contribution in [0.3, 0.4) is 0 Å². The van der Waals surface area contributed by atoms with Gasteiger partial charge in [-0.05, 0) is 24.5 Å². The number of ether oxygens (including phenoxy) is 1. The van der Waals surface area contributed by atoms with Crippen LogP contribution in [0.15, 0.2) is 60.7 Å². The molecule has 1 heteroatoms. The first-order valence-corrected chi connectivity index (χ1v) is 7.56. The van der Waals surface area contributed by atoms with Gasteiger partial charge >= 0.3 is 0 Å². The second-order valence-electron chi connectivity index (χ2n) is 5.29. The fourth-order valence-corrected chi connectivity index (χ4v) is 2.40. The van der Waals surface area contributed by atoms with Crippen molar-refractivity contribution in [1.29, 1.82) is 0 Å². The smallest absolute Gasteiger partial charge is 0.108 e. The standard InChI is InChI=1S/C19H24O/c1-3-4-11-16(2)20-19(17-12-7-5-8-13-17)18-14-9-6-10-15-18/h5-10,12-16,19H,3-4,11H2,1-2H3. The van der Waals surface area contributed by atoms with Crippen LogP contribution in [0.5, 0.6) is 0 Å². The summed E-state index contributed by atoms with van der Waals surface area (Å²) < 4.78 is 6.32. The largest absolute Gasteiger partial charge is 0.366 e. The molecule has 0 bridgehead atoms. The van der Waals surface area contributed by atoms with Crippen LogP contribution in [-0.2, 0) is 4.74 Å². The van der Waals surface area contributed by atoms with Gasteiger partial charge in [0.1, 0.15) is 6.10 Å². The number of unbranched alkanes of at least 4 members (excludes halogenated alkanes) is 1. The minimum absolute atomic E-state index is 0.0317. The Hall–Kier alpha value is -1.60. The molecule has 2 aromatic carbocycles. The van der Waals surface area contributed by atoms with Crippen LogP contribution in [0.1, 0.15) is 50.3 Å². The third kappa shape index (κ3) is 4.21. The molecule has 0 heterocycles. The molecule has 0 fully saturated rings. The third-order valence-electron chi connectivity index (χ3n) is 3.54. The molecule has 2 aromatic rings. The molecule has 106 valence electrons. The first-order valence-electron chi connectivity index (χ1n) is 7.56. The summed E-state index contributed by atoms with van der Waals surface area (Å²) in [6.45, 7) is 4.40. The number of rotatable bonds is 7. The summed E-state index contributed by atoms with van der Waals surface area (Å²) in [4.78, 5) is 0. The van der Waals surface area contributed by atoms with E-state index < -0.39 is 0 Å². The van der Waals surface area contributed by atoms with E-state index in [-0.39, 0.29) is 12.2 Å². The molecular formula is C19H24O. The van der Waals surface area contributed by atoms with Crippen molar-refractivity contribution in [1.82, 2.24) is 0 Å². The Kier molecular flexibility index (Phi) is 5.82. The van der Waals surface area contributed by atoms with E-state index in [1.807, 2.05) is 12.1 Å². The third-order valence-corrected chi connectivity index (χ3v) is 3.54. The second kappa shape index (κ2) is 7.86. The Bertz CT molecular complexity index is 438. The summed E-state index contributed by atoms with van der Waals surface area (Å²) in [5.41, 5.74) is 2.45. The minimum atomic E-state index is 0.0317. The molecule has 0 amide bonds. The number of benzene rings is 2. The van der Waals surface area contributed by atoms with Crippen LogP contribution in [0.25, 0.3) is 0 Å². The van der Waals surface area contributed by atoms with Crippen molar-refractivity contribution in [2.24, 2.45) is 0 Å². The van der Waals surface area contributed by atoms with E-state index >= 15 is 0 Å². The predicted molar refractivity (Wildman–Crippen MR) is 84.8 cm³/mol. The lowest BCUT2D eigenvalue weighted by atomic mass is 10.0. The highest BCUT2D eigenvalue weighted by molar-refractivity contribution is 5.29. The first kappa shape index (κ1) is 14.8. The highest BCUT2D eigenvalue weighted by atomic mass is 16.5. The molecule has 0 N–H and O–H groups in total. The Labute approximate surface area is 122 Å². The maximum atomic E-state index is 6.32. The van der Waals surface area contributed by atoms with Gasteiger partial charge in [-0.15, -0.1) is 0 Å². The van der Waals surface area contributed by atoms with E-state index in [4.69, 9.17) is 4.74 Å². The lowest BCUT2D eigenvalue weighted by molar-refractivity contribution is 0.0135. The molecule has 0 aliphatic heterocycles. The highest BCUT2D eigenvalue weighted by Gasteiger charge is 2.17. The zero-order chi connectivity index (χ0) is 14.2. The van der Waals surface area contributed by atoms with Crippen molar-refractivity contribution in [3.05, 3.63) is 71.8 Å². The number of hydrogen-bond acceptors (Lipinski definition) is 1. The fourth-order valence-electron chi connectivity index (χ4n) is 2.40. The highest BCUT2D eigenvalue weighted by Crippen LogP contribution is 2.28. The fraction of sp³-hybridized carbons (Fsp3) is 0.368. The van der Waals surface area contributed by atoms with Crippen molar-refractivity contribution in [2.75, 3.05) is 0 Å². The zero-order valence-corrected chi connectivity index (χ0v) is 12.5. The van der Waals surface area contributed by atoms with Gasteiger partial charge in [-0.2, -0.15) is 0 Å². The van der Waals surface area contributed by atoms with Gasteiger partial charge in [-0.25, -0.2) is 0 Å². The van der Waals surface area contributed by atoms with Gasteiger partial charge in [0.2, 0.25) is 0 Å². The van der Waals surface area contributed by atoms with Gasteiger partial charge < -0.3 is 4.74 Å². The first-order chi connectivity index (χ1) is 9.81. The Morgan fingerprint density at radius 3 is 1.80 bits per heavy atom. The average molecular weight is 268 g/mol. The van der Waals surface area contributed by atoms with Gasteiger partial charge in [0.25, 0.3) is 0 Å². The summed E-state index contributed by atoms with van der Waals surface area (Å²) >= 11 is 0. The molecule has 0 spiro atoms. The Balaban J connectivity index is 2.17. The predicted octanol–water partition coefficient (Wildman–Crippen LogP) is 5.37. The van der Waals surface area contributed by atoms with Crippen LogP contribution in [0, 0.1) is 0 Å². The van der Waals surface area contributed by atoms with Crippen LogP contribution in [0.2, 0.25) is 0 Å². The molecule has 1 nitrogen and oxygen atoms in total. The number of hydrogen-bond donors (Lipinski definition) is 0. The molecule has 0 aromatic heterocycles. The minimum Gasteiger partial charge on any atom is -0.366 e. The van der Waals surface area contributed by atoms with Crippen molar-refractivity contribution >= 4 is 0 Å². The molecule has 20 heavy (non-hydrogen) atoms. The summed E-state index contributed by atoms with van der Waals surface area (Å²) in [6, 6.07) is 21.0. The van der Waals surface area contributed by atoms with E-state index in [2.05, 4.69) is 62.4 Å². The van der Waals surface area contributed by atoms with Crippen molar-refractivity contribution in [3.63, 3.8) is 0 Å². The molecule has 0 saturated heterocycles. The van der Waals surface area contributed by atoms with E-state index in [9.17, 15) is 0 Å². The molecular weight excluding hydrogens is 244 g/mol. The van der Waals surface area contributed by atoms with E-state index in [0.717, 1.165) is 6.42 Å². The monoisotopic (exact) mass is 268 g/mol. The summed E-state index contributed by atoms with van der Waals surface area (Å²) in [5.74, 6) is 0. The molecule has 2 rings (SSSR count). The average Bonchev–Trinajstić information content (AvgIpc) is 2.52. The molecule has 0 aliphatic rings. The van der Waals surface area contributed by atoms with Crippen molar-refractivity contribution < 1.29 is 4.74 Å². The van der Waals surface area contributed by atoms with Gasteiger partial charge in [0.05, 0.1) is 6.10 Å². The topological polar surface area (TPSA) is 9.23 Å². The van der Waals surface area contributed by atoms with Gasteiger partial charge in [-0.3, -0.25) is 0 Å². The van der Waals surface area contributed by atoms with Gasteiger partial charge in [0.15, 0.2) is 0 Å². The van der Waals surface area contributed by atoms with E-state index in [1.54, 1.807) is 0 Å². The lowest BCUT2D eigenvalue weighted by Gasteiger charge is -2.23. The molecule has 0 saturated carbocycles. The molecule has 1 atom stereocenters. The van der Waals surface area contributed by atoms with Crippen molar-refractivity contribution in [2.45, 2.75) is 45.3 Å². The summed E-state index contributed by atoms with van der Waals surface area (Å²) in [7, 11) is 0. The SMILES string of the molecule is CCCCC(C)OC(c1ccccc1)c1ccccc1. The van der Waals surface area contributed by atoms with Crippen LogP contribution in [-0.4, -0.2) is 6.10 Å². The van der Waals surface area contributed by atoms with E-state index in [1.165, 1.54) is 24.0 Å². The van der Waals surface area contributed by atoms with E-state index in [0.29, 0.717) is 0 Å². The zero-order valence-electron chi connectivity index (χ0n) is 12.5. The summed E-state index contributed by atoms with van der Waals surface area (Å²) in [5, 5.41) is 0. The maximum absolute atomic E-state index is 6.32. The van der Waals surface area contributed by atoms with Crippen molar-refractivity contribution in [3.8, 4) is 0 Å². The molecule has 1 unspecified atom stereocenters. The summed E-state index contributed by atoms with van der Waals surface area (Å²) in [6.07, 6.45) is 3.86. The maximum Gasteiger partial charge on any atom is 0.108 e. The van der Waals surface area contributed by atoms with Gasteiger partial charge in [-0.1, -0.05) is 80.4 Å². The normalized spacial score (nSPS) is 12.6. The van der Waals surface area contributed by atoms with Crippen LogP contribution < -0.4 is 0 Å². The van der Waals surface area contributed by atoms with Crippen LogP contribution in [0.4, 0.5) is 0 Å². The Morgan fingerprint density at radius 1 is 0.850 bits per heavy atom. The van der Waals surface area contributed by atoms with Gasteiger partial charge in [0, 0.05) is 0 Å². The quantitative estimate of drug-likeness (QED) is 0.656. The molecule has 0 aliphatic carbocycles. The molecule has 0 radical (unpaired) electrons. The Morgan fingerprint density at radius 2 is 1.35 bits per heavy atom. The van der Waals surface area contributed by atoms with Crippen LogP contribution >= 0.6 is 0 Å². The lowest BCUT2D eigenvalue weighted by Crippen LogP contribution is -2.15.